The average Bonchev–Trinajstić information content (AvgIpc) is 3.12. The fourth-order valence-electron chi connectivity index (χ4n) is 3.61. The third-order valence-electron chi connectivity index (χ3n) is 4.57. The monoisotopic (exact) mass is 363 g/mol. The predicted molar refractivity (Wildman–Crippen MR) is 96.8 cm³/mol. The molecular formula is C17H21N3O2S2. The SMILES string of the molecule is CC1CN(C(=O)CSc2ncnc3sc4c(c23)CCC4)CC(C)O1. The van der Waals surface area contributed by atoms with Crippen LogP contribution in [-0.4, -0.2) is 51.8 Å². The Morgan fingerprint density at radius 1 is 1.33 bits per heavy atom. The summed E-state index contributed by atoms with van der Waals surface area (Å²) in [6.07, 6.45) is 5.33. The molecule has 2 aromatic heterocycles. The van der Waals surface area contributed by atoms with Crippen LogP contribution in [0.15, 0.2) is 11.4 Å². The van der Waals surface area contributed by atoms with Gasteiger partial charge in [-0.2, -0.15) is 0 Å². The van der Waals surface area contributed by atoms with E-state index in [-0.39, 0.29) is 18.1 Å². The van der Waals surface area contributed by atoms with Crippen LogP contribution in [0.3, 0.4) is 0 Å². The van der Waals surface area contributed by atoms with Gasteiger partial charge in [-0.15, -0.1) is 11.3 Å². The molecule has 1 amide bonds. The van der Waals surface area contributed by atoms with E-state index in [1.165, 1.54) is 22.2 Å². The lowest BCUT2D eigenvalue weighted by Crippen LogP contribution is -2.48. The molecule has 3 heterocycles. The lowest BCUT2D eigenvalue weighted by Gasteiger charge is -2.35. The number of carbonyl (C=O) groups is 1. The van der Waals surface area contributed by atoms with Crippen molar-refractivity contribution in [3.05, 3.63) is 16.8 Å². The number of thiophene rings is 1. The van der Waals surface area contributed by atoms with Crippen molar-refractivity contribution in [2.75, 3.05) is 18.8 Å². The largest absolute Gasteiger partial charge is 0.372 e. The zero-order valence-electron chi connectivity index (χ0n) is 13.9. The van der Waals surface area contributed by atoms with Crippen molar-refractivity contribution in [2.24, 2.45) is 0 Å². The molecule has 1 aliphatic heterocycles. The van der Waals surface area contributed by atoms with Gasteiger partial charge in [0.25, 0.3) is 0 Å². The van der Waals surface area contributed by atoms with E-state index in [1.807, 2.05) is 18.7 Å². The van der Waals surface area contributed by atoms with Gasteiger partial charge < -0.3 is 9.64 Å². The van der Waals surface area contributed by atoms with E-state index < -0.39 is 0 Å². The smallest absolute Gasteiger partial charge is 0.233 e. The first kappa shape index (κ1) is 16.3. The van der Waals surface area contributed by atoms with Crippen molar-refractivity contribution >= 4 is 39.2 Å². The second-order valence-electron chi connectivity index (χ2n) is 6.56. The van der Waals surface area contributed by atoms with Crippen molar-refractivity contribution in [3.63, 3.8) is 0 Å². The standard InChI is InChI=1S/C17H21N3O2S2/c1-10-6-20(7-11(2)22-10)14(21)8-23-16-15-12-4-3-5-13(12)24-17(15)19-9-18-16/h9-11H,3-8H2,1-2H3. The van der Waals surface area contributed by atoms with Crippen LogP contribution in [-0.2, 0) is 22.4 Å². The number of ether oxygens (including phenoxy) is 1. The van der Waals surface area contributed by atoms with E-state index in [4.69, 9.17) is 4.74 Å². The van der Waals surface area contributed by atoms with Crippen LogP contribution in [0.25, 0.3) is 10.2 Å². The number of thioether (sulfide) groups is 1. The summed E-state index contributed by atoms with van der Waals surface area (Å²) in [5, 5.41) is 2.15. The second kappa shape index (κ2) is 6.61. The molecule has 0 radical (unpaired) electrons. The maximum atomic E-state index is 12.6. The maximum absolute atomic E-state index is 12.6. The van der Waals surface area contributed by atoms with Crippen LogP contribution < -0.4 is 0 Å². The highest BCUT2D eigenvalue weighted by atomic mass is 32.2. The van der Waals surface area contributed by atoms with E-state index in [1.54, 1.807) is 29.4 Å². The fraction of sp³-hybridized carbons (Fsp3) is 0.588. The van der Waals surface area contributed by atoms with E-state index in [2.05, 4.69) is 9.97 Å². The van der Waals surface area contributed by atoms with Crippen molar-refractivity contribution in [2.45, 2.75) is 50.3 Å². The van der Waals surface area contributed by atoms with Gasteiger partial charge in [0.2, 0.25) is 5.91 Å². The Kier molecular flexibility index (Phi) is 4.49. The zero-order chi connectivity index (χ0) is 16.7. The summed E-state index contributed by atoms with van der Waals surface area (Å²) in [7, 11) is 0. The van der Waals surface area contributed by atoms with Gasteiger partial charge >= 0.3 is 0 Å². The number of rotatable bonds is 3. The molecule has 5 nitrogen and oxygen atoms in total. The summed E-state index contributed by atoms with van der Waals surface area (Å²) in [6, 6.07) is 0. The quantitative estimate of drug-likeness (QED) is 0.620. The predicted octanol–water partition coefficient (Wildman–Crippen LogP) is 2.91. The molecule has 0 spiro atoms. The molecule has 24 heavy (non-hydrogen) atoms. The van der Waals surface area contributed by atoms with Gasteiger partial charge in [0.05, 0.1) is 18.0 Å². The number of hydrogen-bond donors (Lipinski definition) is 0. The molecule has 2 aliphatic rings. The van der Waals surface area contributed by atoms with Gasteiger partial charge in [0.15, 0.2) is 0 Å². The Morgan fingerprint density at radius 3 is 2.92 bits per heavy atom. The molecule has 0 N–H and O–H groups in total. The summed E-state index contributed by atoms with van der Waals surface area (Å²) in [4.78, 5) is 25.9. The van der Waals surface area contributed by atoms with E-state index in [9.17, 15) is 4.79 Å². The van der Waals surface area contributed by atoms with Crippen molar-refractivity contribution in [3.8, 4) is 0 Å². The number of aryl methyl sites for hydroxylation is 2. The van der Waals surface area contributed by atoms with Gasteiger partial charge in [-0.3, -0.25) is 4.79 Å². The second-order valence-corrected chi connectivity index (χ2v) is 8.61. The van der Waals surface area contributed by atoms with Crippen molar-refractivity contribution in [1.82, 2.24) is 14.9 Å². The molecule has 1 aliphatic carbocycles. The minimum absolute atomic E-state index is 0.105. The van der Waals surface area contributed by atoms with Gasteiger partial charge in [0, 0.05) is 23.4 Å². The number of aromatic nitrogens is 2. The van der Waals surface area contributed by atoms with E-state index in [0.717, 1.165) is 22.7 Å². The first-order valence-corrected chi connectivity index (χ1v) is 10.2. The lowest BCUT2D eigenvalue weighted by atomic mass is 10.2. The Hall–Kier alpha value is -1.18. The summed E-state index contributed by atoms with van der Waals surface area (Å²) in [5.41, 5.74) is 1.42. The molecule has 2 aromatic rings. The Balaban J connectivity index is 1.50. The molecule has 128 valence electrons. The number of hydrogen-bond acceptors (Lipinski definition) is 6. The minimum Gasteiger partial charge on any atom is -0.372 e. The van der Waals surface area contributed by atoms with Crippen LogP contribution in [0, 0.1) is 0 Å². The van der Waals surface area contributed by atoms with Crippen LogP contribution in [0.2, 0.25) is 0 Å². The molecule has 0 aromatic carbocycles. The van der Waals surface area contributed by atoms with Crippen LogP contribution in [0.4, 0.5) is 0 Å². The molecule has 4 rings (SSSR count). The van der Waals surface area contributed by atoms with Gasteiger partial charge in [-0.25, -0.2) is 9.97 Å². The van der Waals surface area contributed by atoms with Gasteiger partial charge in [-0.05, 0) is 38.7 Å². The Bertz CT molecular complexity index is 767. The Labute approximate surface area is 149 Å². The van der Waals surface area contributed by atoms with Crippen molar-refractivity contribution in [1.29, 1.82) is 0 Å². The topological polar surface area (TPSA) is 55.3 Å². The summed E-state index contributed by atoms with van der Waals surface area (Å²) >= 11 is 3.34. The molecule has 1 fully saturated rings. The Morgan fingerprint density at radius 2 is 2.12 bits per heavy atom. The number of nitrogens with zero attached hydrogens (tertiary/aromatic N) is 3. The summed E-state index contributed by atoms with van der Waals surface area (Å²) in [6.45, 7) is 5.39. The zero-order valence-corrected chi connectivity index (χ0v) is 15.6. The molecular weight excluding hydrogens is 342 g/mol. The highest BCUT2D eigenvalue weighted by Crippen LogP contribution is 2.40. The van der Waals surface area contributed by atoms with Gasteiger partial charge in [-0.1, -0.05) is 11.8 Å². The number of morpholine rings is 1. The molecule has 2 unspecified atom stereocenters. The van der Waals surface area contributed by atoms with Crippen LogP contribution in [0.1, 0.15) is 30.7 Å². The minimum atomic E-state index is 0.105. The molecule has 1 saturated heterocycles. The third kappa shape index (κ3) is 3.05. The van der Waals surface area contributed by atoms with Crippen LogP contribution >= 0.6 is 23.1 Å². The number of fused-ring (bicyclic) bond motifs is 3. The first-order chi connectivity index (χ1) is 11.6. The molecule has 7 heteroatoms. The lowest BCUT2D eigenvalue weighted by molar-refractivity contribution is -0.140. The van der Waals surface area contributed by atoms with Crippen molar-refractivity contribution < 1.29 is 9.53 Å². The fourth-order valence-corrected chi connectivity index (χ4v) is 5.83. The van der Waals surface area contributed by atoms with Crippen LogP contribution in [0.5, 0.6) is 0 Å². The first-order valence-electron chi connectivity index (χ1n) is 8.43. The molecule has 0 bridgehead atoms. The molecule has 2 atom stereocenters. The maximum Gasteiger partial charge on any atom is 0.233 e. The van der Waals surface area contributed by atoms with E-state index in [0.29, 0.717) is 18.8 Å². The third-order valence-corrected chi connectivity index (χ3v) is 6.75. The summed E-state index contributed by atoms with van der Waals surface area (Å²) in [5.74, 6) is 0.594. The highest BCUT2D eigenvalue weighted by molar-refractivity contribution is 8.00. The number of amides is 1. The highest BCUT2D eigenvalue weighted by Gasteiger charge is 2.26. The summed E-state index contributed by atoms with van der Waals surface area (Å²) < 4.78 is 5.71. The molecule has 0 saturated carbocycles. The van der Waals surface area contributed by atoms with Gasteiger partial charge in [0.1, 0.15) is 16.2 Å². The van der Waals surface area contributed by atoms with E-state index >= 15 is 0 Å². The normalized spacial score (nSPS) is 23.7. The average molecular weight is 364 g/mol. The number of carbonyl (C=O) groups excluding carboxylic acids is 1.